The monoisotopic (exact) mass is 833 g/mol. The molecular formula is C54H88O6. The Morgan fingerprint density at radius 2 is 0.700 bits per heavy atom. The Morgan fingerprint density at radius 3 is 1.18 bits per heavy atom. The van der Waals surface area contributed by atoms with Crippen LogP contribution >= 0.6 is 0 Å². The summed E-state index contributed by atoms with van der Waals surface area (Å²) in [6, 6.07) is 0. The highest BCUT2D eigenvalue weighted by Crippen LogP contribution is 2.14. The van der Waals surface area contributed by atoms with Gasteiger partial charge in [-0.15, -0.1) is 0 Å². The average molecular weight is 833 g/mol. The number of hydrogen-bond acceptors (Lipinski definition) is 6. The molecule has 0 heterocycles. The third kappa shape index (κ3) is 45.4. The van der Waals surface area contributed by atoms with Gasteiger partial charge in [0.05, 0.1) is 0 Å². The molecule has 0 aromatic carbocycles. The Balaban J connectivity index is 4.43. The van der Waals surface area contributed by atoms with Crippen LogP contribution in [0.25, 0.3) is 0 Å². The van der Waals surface area contributed by atoms with E-state index in [-0.39, 0.29) is 37.5 Å². The minimum Gasteiger partial charge on any atom is -0.462 e. The van der Waals surface area contributed by atoms with Crippen molar-refractivity contribution in [1.82, 2.24) is 0 Å². The van der Waals surface area contributed by atoms with Crippen molar-refractivity contribution in [3.05, 3.63) is 97.2 Å². The summed E-state index contributed by atoms with van der Waals surface area (Å²) in [7, 11) is 0. The molecule has 1 atom stereocenters. The highest BCUT2D eigenvalue weighted by Gasteiger charge is 2.19. The Kier molecular flexibility index (Phi) is 45.1. The van der Waals surface area contributed by atoms with E-state index < -0.39 is 6.10 Å². The second-order valence-corrected chi connectivity index (χ2v) is 15.8. The van der Waals surface area contributed by atoms with Crippen LogP contribution in [0.15, 0.2) is 97.2 Å². The van der Waals surface area contributed by atoms with E-state index in [1.54, 1.807) is 0 Å². The van der Waals surface area contributed by atoms with Gasteiger partial charge in [0.2, 0.25) is 0 Å². The van der Waals surface area contributed by atoms with Crippen LogP contribution in [0.2, 0.25) is 0 Å². The summed E-state index contributed by atoms with van der Waals surface area (Å²) in [5.74, 6) is -1.01. The summed E-state index contributed by atoms with van der Waals surface area (Å²) < 4.78 is 16.6. The van der Waals surface area contributed by atoms with Gasteiger partial charge < -0.3 is 14.2 Å². The molecule has 1 unspecified atom stereocenters. The van der Waals surface area contributed by atoms with Gasteiger partial charge in [-0.25, -0.2) is 0 Å². The van der Waals surface area contributed by atoms with Crippen LogP contribution in [0.1, 0.15) is 207 Å². The maximum Gasteiger partial charge on any atom is 0.306 e. The van der Waals surface area contributed by atoms with Gasteiger partial charge in [-0.1, -0.05) is 208 Å². The molecule has 0 bridgehead atoms. The minimum absolute atomic E-state index is 0.113. The number of unbranched alkanes of at least 4 members (excludes halogenated alkanes) is 20. The van der Waals surface area contributed by atoms with Crippen molar-refractivity contribution in [2.75, 3.05) is 13.2 Å². The van der Waals surface area contributed by atoms with Crippen molar-refractivity contribution in [2.45, 2.75) is 213 Å². The molecule has 0 rings (SSSR count). The fraction of sp³-hybridized carbons (Fsp3) is 0.648. The molecule has 0 radical (unpaired) electrons. The van der Waals surface area contributed by atoms with E-state index in [2.05, 4.69) is 63.3 Å². The first kappa shape index (κ1) is 56.3. The molecule has 0 amide bonds. The van der Waals surface area contributed by atoms with E-state index in [1.807, 2.05) is 54.7 Å². The van der Waals surface area contributed by atoms with Gasteiger partial charge in [-0.2, -0.15) is 0 Å². The van der Waals surface area contributed by atoms with Crippen LogP contribution in [-0.4, -0.2) is 37.2 Å². The normalized spacial score (nSPS) is 12.9. The minimum atomic E-state index is -0.819. The van der Waals surface area contributed by atoms with Gasteiger partial charge in [-0.05, 0) is 77.0 Å². The van der Waals surface area contributed by atoms with Crippen LogP contribution in [0.3, 0.4) is 0 Å². The third-order valence-electron chi connectivity index (χ3n) is 9.95. The molecule has 6 heteroatoms. The molecule has 340 valence electrons. The lowest BCUT2D eigenvalue weighted by molar-refractivity contribution is -0.167. The van der Waals surface area contributed by atoms with Crippen molar-refractivity contribution < 1.29 is 28.6 Å². The van der Waals surface area contributed by atoms with Gasteiger partial charge >= 0.3 is 17.9 Å². The molecule has 0 aromatic heterocycles. The standard InChI is InChI=1S/C54H88O6/c1-4-7-10-13-16-19-22-24-25-26-27-28-29-31-32-35-38-41-44-47-53(56)59-50-51(49-58-52(55)46-43-40-37-34-21-18-15-12-9-6-3)60-54(57)48-45-42-39-36-33-30-23-20-17-14-11-8-5-2/h8,11,14-20,22-24,30,33,36,39,51H,4-7,9-10,12-13,21,25-29,31-32,34-35,37-38,40-50H2,1-3H3/b11-8-,17-14-,18-15-,19-16-,23-20-,24-22-,33-30-,39-36-. The van der Waals surface area contributed by atoms with E-state index in [4.69, 9.17) is 14.2 Å². The summed E-state index contributed by atoms with van der Waals surface area (Å²) in [6.07, 6.45) is 62.6. The van der Waals surface area contributed by atoms with Crippen LogP contribution in [0.5, 0.6) is 0 Å². The predicted octanol–water partition coefficient (Wildman–Crippen LogP) is 15.8. The number of carbonyl (C=O) groups excluding carboxylic acids is 3. The first-order valence-electron chi connectivity index (χ1n) is 24.3. The lowest BCUT2D eigenvalue weighted by Gasteiger charge is -2.18. The van der Waals surface area contributed by atoms with Gasteiger partial charge in [0.15, 0.2) is 6.10 Å². The summed E-state index contributed by atoms with van der Waals surface area (Å²) in [5, 5.41) is 0. The van der Waals surface area contributed by atoms with Crippen molar-refractivity contribution >= 4 is 17.9 Å². The second-order valence-electron chi connectivity index (χ2n) is 15.8. The summed E-state index contributed by atoms with van der Waals surface area (Å²) in [4.78, 5) is 37.8. The average Bonchev–Trinajstić information content (AvgIpc) is 3.24. The maximum absolute atomic E-state index is 12.7. The van der Waals surface area contributed by atoms with E-state index in [1.165, 1.54) is 89.9 Å². The Labute approximate surface area is 368 Å². The molecule has 0 aliphatic heterocycles. The largest absolute Gasteiger partial charge is 0.462 e. The van der Waals surface area contributed by atoms with Crippen LogP contribution in [0, 0.1) is 0 Å². The summed E-state index contributed by atoms with van der Waals surface area (Å²) >= 11 is 0. The SMILES string of the molecule is CC\C=C/C=C\C=C/C=C\C=C/CCCC(=O)OC(COC(=O)CCCCCC/C=C\CCCC)COC(=O)CCCCCCCCCCCC/C=C\C=C/CCCCC. The molecule has 0 aliphatic carbocycles. The zero-order valence-electron chi connectivity index (χ0n) is 38.7. The van der Waals surface area contributed by atoms with E-state index in [0.717, 1.165) is 70.6 Å². The smallest absolute Gasteiger partial charge is 0.306 e. The fourth-order valence-electron chi connectivity index (χ4n) is 6.27. The van der Waals surface area contributed by atoms with Crippen molar-refractivity contribution in [3.8, 4) is 0 Å². The Hall–Kier alpha value is -3.67. The molecule has 6 nitrogen and oxygen atoms in total. The first-order valence-corrected chi connectivity index (χ1v) is 24.3. The van der Waals surface area contributed by atoms with Crippen LogP contribution in [-0.2, 0) is 28.6 Å². The highest BCUT2D eigenvalue weighted by atomic mass is 16.6. The lowest BCUT2D eigenvalue weighted by Crippen LogP contribution is -2.30. The highest BCUT2D eigenvalue weighted by molar-refractivity contribution is 5.71. The number of allylic oxidation sites excluding steroid dienone is 16. The molecule has 0 N–H and O–H groups in total. The topological polar surface area (TPSA) is 78.9 Å². The molecule has 0 saturated carbocycles. The molecule has 0 aromatic rings. The van der Waals surface area contributed by atoms with Gasteiger partial charge in [0.1, 0.15) is 13.2 Å². The van der Waals surface area contributed by atoms with Crippen LogP contribution < -0.4 is 0 Å². The van der Waals surface area contributed by atoms with E-state index >= 15 is 0 Å². The number of hydrogen-bond donors (Lipinski definition) is 0. The van der Waals surface area contributed by atoms with E-state index in [9.17, 15) is 14.4 Å². The second kappa shape index (κ2) is 48.0. The van der Waals surface area contributed by atoms with Gasteiger partial charge in [0.25, 0.3) is 0 Å². The van der Waals surface area contributed by atoms with Gasteiger partial charge in [0, 0.05) is 19.3 Å². The number of ether oxygens (including phenoxy) is 3. The third-order valence-corrected chi connectivity index (χ3v) is 9.95. The summed E-state index contributed by atoms with van der Waals surface area (Å²) in [6.45, 7) is 6.33. The molecule has 0 saturated heterocycles. The first-order chi connectivity index (χ1) is 29.5. The van der Waals surface area contributed by atoms with Crippen LogP contribution in [0.4, 0.5) is 0 Å². The zero-order valence-corrected chi connectivity index (χ0v) is 38.7. The molecule has 0 spiro atoms. The maximum atomic E-state index is 12.7. The number of carbonyl (C=O) groups is 3. The van der Waals surface area contributed by atoms with Crippen molar-refractivity contribution in [1.29, 1.82) is 0 Å². The van der Waals surface area contributed by atoms with E-state index in [0.29, 0.717) is 19.3 Å². The van der Waals surface area contributed by atoms with Crippen molar-refractivity contribution in [3.63, 3.8) is 0 Å². The quantitative estimate of drug-likeness (QED) is 0.0200. The molecule has 0 fully saturated rings. The Morgan fingerprint density at radius 1 is 0.350 bits per heavy atom. The summed E-state index contributed by atoms with van der Waals surface area (Å²) in [5.41, 5.74) is 0. The fourth-order valence-corrected chi connectivity index (χ4v) is 6.27. The predicted molar refractivity (Wildman–Crippen MR) is 256 cm³/mol. The number of esters is 3. The van der Waals surface area contributed by atoms with Crippen molar-refractivity contribution in [2.24, 2.45) is 0 Å². The lowest BCUT2D eigenvalue weighted by atomic mass is 10.1. The Bertz CT molecular complexity index is 1230. The zero-order chi connectivity index (χ0) is 43.7. The molecule has 0 aliphatic rings. The van der Waals surface area contributed by atoms with Gasteiger partial charge in [-0.3, -0.25) is 14.4 Å². The molecule has 60 heavy (non-hydrogen) atoms. The molecular weight excluding hydrogens is 745 g/mol. The number of rotatable bonds is 42.